The number of methoxy groups -OCH3 is 1. The predicted octanol–water partition coefficient (Wildman–Crippen LogP) is 3.84. The topological polar surface area (TPSA) is 76.1 Å². The maximum absolute atomic E-state index is 12.3. The van der Waals surface area contributed by atoms with Crippen LogP contribution in [0.3, 0.4) is 0 Å². The lowest BCUT2D eigenvalue weighted by molar-refractivity contribution is -0.115. The number of carbonyl (C=O) groups is 1. The highest BCUT2D eigenvalue weighted by Crippen LogP contribution is 2.29. The fourth-order valence-electron chi connectivity index (χ4n) is 1.99. The van der Waals surface area contributed by atoms with Crippen LogP contribution in [0.4, 0.5) is 10.8 Å². The summed E-state index contributed by atoms with van der Waals surface area (Å²) in [7, 11) is 1.65. The van der Waals surface area contributed by atoms with E-state index in [1.165, 1.54) is 28.7 Å². The van der Waals surface area contributed by atoms with Gasteiger partial charge in [-0.3, -0.25) is 4.79 Å². The minimum Gasteiger partial charge on any atom is -0.383 e. The van der Waals surface area contributed by atoms with Crippen molar-refractivity contribution in [3.05, 3.63) is 29.8 Å². The van der Waals surface area contributed by atoms with Gasteiger partial charge >= 0.3 is 0 Å². The zero-order valence-corrected chi connectivity index (χ0v) is 16.5. The summed E-state index contributed by atoms with van der Waals surface area (Å²) in [4.78, 5) is 12.3. The van der Waals surface area contributed by atoms with E-state index in [9.17, 15) is 4.79 Å². The van der Waals surface area contributed by atoms with E-state index in [1.807, 2.05) is 31.2 Å². The van der Waals surface area contributed by atoms with E-state index in [4.69, 9.17) is 4.74 Å². The number of benzene rings is 1. The molecule has 0 fully saturated rings. The molecule has 0 unspecified atom stereocenters. The molecule has 1 heterocycles. The molecule has 8 heteroatoms. The number of nitrogens with one attached hydrogen (secondary N) is 2. The van der Waals surface area contributed by atoms with Gasteiger partial charge in [-0.15, -0.1) is 10.2 Å². The third-order valence-corrected chi connectivity index (χ3v) is 5.55. The number of ether oxygens (including phenoxy) is 1. The van der Waals surface area contributed by atoms with Crippen LogP contribution in [0.2, 0.25) is 0 Å². The van der Waals surface area contributed by atoms with Crippen LogP contribution in [0, 0.1) is 0 Å². The summed E-state index contributed by atoms with van der Waals surface area (Å²) in [6.07, 6.45) is 0. The number of anilines is 2. The lowest BCUT2D eigenvalue weighted by atomic mass is 10.0. The van der Waals surface area contributed by atoms with Crippen LogP contribution in [0.5, 0.6) is 0 Å². The first-order valence-electron chi connectivity index (χ1n) is 8.13. The monoisotopic (exact) mass is 380 g/mol. The first-order chi connectivity index (χ1) is 12.0. The molecule has 1 atom stereocenters. The van der Waals surface area contributed by atoms with Gasteiger partial charge in [0, 0.05) is 19.3 Å². The van der Waals surface area contributed by atoms with Gasteiger partial charge in [0.05, 0.1) is 11.9 Å². The number of nitrogens with zero attached hydrogens (tertiary/aromatic N) is 2. The summed E-state index contributed by atoms with van der Waals surface area (Å²) >= 11 is 2.84. The van der Waals surface area contributed by atoms with E-state index < -0.39 is 0 Å². The molecule has 2 aromatic rings. The molecule has 0 saturated carbocycles. The molecule has 6 nitrogen and oxygen atoms in total. The molecule has 25 heavy (non-hydrogen) atoms. The Labute approximate surface area is 156 Å². The SMILES string of the molecule is COCCNc1nnc(S[C@@H](C)C(=O)Nc2ccc(C(C)C)cc2)s1. The zero-order chi connectivity index (χ0) is 18.2. The van der Waals surface area contributed by atoms with E-state index >= 15 is 0 Å². The molecule has 0 aliphatic carbocycles. The third-order valence-electron chi connectivity index (χ3n) is 3.48. The summed E-state index contributed by atoms with van der Waals surface area (Å²) in [6, 6.07) is 7.96. The van der Waals surface area contributed by atoms with Crippen LogP contribution in [-0.2, 0) is 9.53 Å². The Morgan fingerprint density at radius 3 is 2.60 bits per heavy atom. The average Bonchev–Trinajstić information content (AvgIpc) is 3.03. The number of carbonyl (C=O) groups excluding carboxylic acids is 1. The number of hydrogen-bond acceptors (Lipinski definition) is 7. The second-order valence-corrected chi connectivity index (χ2v) is 8.38. The highest BCUT2D eigenvalue weighted by atomic mass is 32.2. The van der Waals surface area contributed by atoms with E-state index in [0.29, 0.717) is 19.1 Å². The van der Waals surface area contributed by atoms with Crippen molar-refractivity contribution in [2.45, 2.75) is 36.3 Å². The van der Waals surface area contributed by atoms with Crippen molar-refractivity contribution in [2.75, 3.05) is 30.9 Å². The molecule has 1 aromatic carbocycles. The van der Waals surface area contributed by atoms with Crippen molar-refractivity contribution in [3.8, 4) is 0 Å². The molecule has 0 radical (unpaired) electrons. The smallest absolute Gasteiger partial charge is 0.237 e. The van der Waals surface area contributed by atoms with Crippen molar-refractivity contribution < 1.29 is 9.53 Å². The lowest BCUT2D eigenvalue weighted by Gasteiger charge is -2.11. The van der Waals surface area contributed by atoms with Crippen molar-refractivity contribution in [3.63, 3.8) is 0 Å². The van der Waals surface area contributed by atoms with Gasteiger partial charge in [0.2, 0.25) is 11.0 Å². The zero-order valence-electron chi connectivity index (χ0n) is 14.9. The Kier molecular flexibility index (Phi) is 7.67. The summed E-state index contributed by atoms with van der Waals surface area (Å²) < 4.78 is 5.74. The second kappa shape index (κ2) is 9.74. The first-order valence-corrected chi connectivity index (χ1v) is 9.83. The molecule has 0 bridgehead atoms. The summed E-state index contributed by atoms with van der Waals surface area (Å²) in [6.45, 7) is 7.44. The lowest BCUT2D eigenvalue weighted by Crippen LogP contribution is -2.22. The van der Waals surface area contributed by atoms with Crippen molar-refractivity contribution in [2.24, 2.45) is 0 Å². The number of rotatable bonds is 9. The summed E-state index contributed by atoms with van der Waals surface area (Å²) in [5.74, 6) is 0.426. The second-order valence-electron chi connectivity index (χ2n) is 5.82. The van der Waals surface area contributed by atoms with Gasteiger partial charge in [-0.05, 0) is 30.5 Å². The Morgan fingerprint density at radius 1 is 1.24 bits per heavy atom. The molecule has 0 saturated heterocycles. The van der Waals surface area contributed by atoms with Crippen LogP contribution < -0.4 is 10.6 Å². The largest absolute Gasteiger partial charge is 0.383 e. The molecule has 0 aliphatic rings. The van der Waals surface area contributed by atoms with E-state index in [2.05, 4.69) is 34.7 Å². The van der Waals surface area contributed by atoms with Crippen LogP contribution in [0.1, 0.15) is 32.3 Å². The fourth-order valence-corrected chi connectivity index (χ4v) is 3.91. The molecule has 0 aliphatic heterocycles. The van der Waals surface area contributed by atoms with Gasteiger partial charge in [-0.1, -0.05) is 49.1 Å². The van der Waals surface area contributed by atoms with Crippen molar-refractivity contribution in [1.29, 1.82) is 0 Å². The van der Waals surface area contributed by atoms with Gasteiger partial charge in [-0.2, -0.15) is 0 Å². The predicted molar refractivity (Wildman–Crippen MR) is 105 cm³/mol. The minimum atomic E-state index is -0.260. The van der Waals surface area contributed by atoms with E-state index in [-0.39, 0.29) is 11.2 Å². The fraction of sp³-hybridized carbons (Fsp3) is 0.471. The number of amides is 1. The highest BCUT2D eigenvalue weighted by Gasteiger charge is 2.17. The highest BCUT2D eigenvalue weighted by molar-refractivity contribution is 8.02. The van der Waals surface area contributed by atoms with E-state index in [1.54, 1.807) is 7.11 Å². The van der Waals surface area contributed by atoms with E-state index in [0.717, 1.165) is 15.2 Å². The number of thioether (sulfide) groups is 1. The van der Waals surface area contributed by atoms with Gasteiger partial charge in [0.1, 0.15) is 0 Å². The standard InChI is InChI=1S/C17H24N4O2S2/c1-11(2)13-5-7-14(8-6-13)19-15(22)12(3)24-17-21-20-16(25-17)18-9-10-23-4/h5-8,11-12H,9-10H2,1-4H3,(H,18,20)(H,19,22)/t12-/m0/s1. The van der Waals surface area contributed by atoms with Gasteiger partial charge < -0.3 is 15.4 Å². The molecule has 1 amide bonds. The van der Waals surface area contributed by atoms with Crippen LogP contribution >= 0.6 is 23.1 Å². The van der Waals surface area contributed by atoms with Gasteiger partial charge in [-0.25, -0.2) is 0 Å². The normalized spacial score (nSPS) is 12.2. The maximum Gasteiger partial charge on any atom is 0.237 e. The number of hydrogen-bond donors (Lipinski definition) is 2. The van der Waals surface area contributed by atoms with Gasteiger partial charge in [0.25, 0.3) is 0 Å². The minimum absolute atomic E-state index is 0.0496. The van der Waals surface area contributed by atoms with Crippen molar-refractivity contribution in [1.82, 2.24) is 10.2 Å². The molecular formula is C17H24N4O2S2. The molecule has 2 N–H and O–H groups in total. The molecular weight excluding hydrogens is 356 g/mol. The Morgan fingerprint density at radius 2 is 1.96 bits per heavy atom. The Balaban J connectivity index is 1.85. The summed E-state index contributed by atoms with van der Waals surface area (Å²) in [5.41, 5.74) is 2.06. The van der Waals surface area contributed by atoms with Crippen molar-refractivity contribution >= 4 is 39.8 Å². The summed E-state index contributed by atoms with van der Waals surface area (Å²) in [5, 5.41) is 14.7. The Bertz CT molecular complexity index is 674. The number of aromatic nitrogens is 2. The first kappa shape index (κ1) is 19.7. The van der Waals surface area contributed by atoms with Crippen LogP contribution in [0.15, 0.2) is 28.6 Å². The van der Waals surface area contributed by atoms with Crippen LogP contribution in [-0.4, -0.2) is 41.6 Å². The maximum atomic E-state index is 12.3. The Hall–Kier alpha value is -1.64. The average molecular weight is 381 g/mol. The molecule has 2 rings (SSSR count). The molecule has 1 aromatic heterocycles. The quantitative estimate of drug-likeness (QED) is 0.508. The third kappa shape index (κ3) is 6.30. The molecule has 136 valence electrons. The van der Waals surface area contributed by atoms with Gasteiger partial charge in [0.15, 0.2) is 4.34 Å². The van der Waals surface area contributed by atoms with Crippen LogP contribution in [0.25, 0.3) is 0 Å². The molecule has 0 spiro atoms.